The van der Waals surface area contributed by atoms with Crippen LogP contribution in [-0.4, -0.2) is 27.8 Å². The fraction of sp³-hybridized carbons (Fsp3) is 0.500. The molecule has 24 heavy (non-hydrogen) atoms. The summed E-state index contributed by atoms with van der Waals surface area (Å²) in [7, 11) is 3.86. The highest BCUT2D eigenvalue weighted by Crippen LogP contribution is 2.39. The molecule has 0 N–H and O–H groups in total. The summed E-state index contributed by atoms with van der Waals surface area (Å²) < 4.78 is 42.3. The first-order valence-electron chi connectivity index (χ1n) is 8.31. The number of hydrogen-bond acceptors (Lipinski definition) is 2. The van der Waals surface area contributed by atoms with Crippen LogP contribution in [0.1, 0.15) is 44.0 Å². The SMILES string of the molecule is CCC1Cc2c(nn(C)c2-c2cc(F)c(F)c(F)c2)C(CC)N1C. The number of halogens is 3. The van der Waals surface area contributed by atoms with Crippen LogP contribution in [0.2, 0.25) is 0 Å². The lowest BCUT2D eigenvalue weighted by Crippen LogP contribution is -2.40. The van der Waals surface area contributed by atoms with E-state index in [0.29, 0.717) is 17.3 Å². The number of rotatable bonds is 3. The van der Waals surface area contributed by atoms with Crippen LogP contribution in [0.25, 0.3) is 11.3 Å². The molecule has 6 heteroatoms. The molecule has 0 saturated heterocycles. The Bertz CT molecular complexity index is 746. The van der Waals surface area contributed by atoms with E-state index in [0.717, 1.165) is 42.7 Å². The van der Waals surface area contributed by atoms with E-state index in [1.165, 1.54) is 0 Å². The molecule has 0 fully saturated rings. The predicted molar refractivity (Wildman–Crippen MR) is 87.1 cm³/mol. The van der Waals surface area contributed by atoms with Crippen LogP contribution in [0.4, 0.5) is 13.2 Å². The Labute approximate surface area is 140 Å². The second-order valence-corrected chi connectivity index (χ2v) is 6.45. The summed E-state index contributed by atoms with van der Waals surface area (Å²) in [5.41, 5.74) is 2.97. The van der Waals surface area contributed by atoms with Crippen molar-refractivity contribution in [2.75, 3.05) is 7.05 Å². The van der Waals surface area contributed by atoms with Crippen LogP contribution in [0.5, 0.6) is 0 Å². The van der Waals surface area contributed by atoms with Gasteiger partial charge in [-0.2, -0.15) is 5.10 Å². The summed E-state index contributed by atoms with van der Waals surface area (Å²) in [6, 6.07) is 2.63. The number of likely N-dealkylation sites (N-methyl/N-ethyl adjacent to an activating group) is 1. The number of nitrogens with zero attached hydrogens (tertiary/aromatic N) is 3. The normalized spacial score (nSPS) is 21.1. The van der Waals surface area contributed by atoms with Crippen LogP contribution >= 0.6 is 0 Å². The zero-order valence-electron chi connectivity index (χ0n) is 14.4. The minimum atomic E-state index is -1.44. The molecule has 0 radical (unpaired) electrons. The zero-order valence-corrected chi connectivity index (χ0v) is 14.4. The maximum absolute atomic E-state index is 13.7. The number of fused-ring (bicyclic) bond motifs is 1. The summed E-state index contributed by atoms with van der Waals surface area (Å²) in [5.74, 6) is -3.79. The van der Waals surface area contributed by atoms with Gasteiger partial charge in [-0.15, -0.1) is 0 Å². The molecule has 1 aromatic carbocycles. The van der Waals surface area contributed by atoms with Gasteiger partial charge in [-0.25, -0.2) is 13.2 Å². The van der Waals surface area contributed by atoms with Crippen molar-refractivity contribution in [2.24, 2.45) is 7.05 Å². The highest BCUT2D eigenvalue weighted by atomic mass is 19.2. The maximum Gasteiger partial charge on any atom is 0.194 e. The van der Waals surface area contributed by atoms with Crippen molar-refractivity contribution in [3.05, 3.63) is 40.8 Å². The van der Waals surface area contributed by atoms with Crippen molar-refractivity contribution in [2.45, 2.75) is 45.2 Å². The number of aryl methyl sites for hydroxylation is 1. The molecule has 0 aliphatic carbocycles. The van der Waals surface area contributed by atoms with Gasteiger partial charge in [-0.1, -0.05) is 13.8 Å². The number of aromatic nitrogens is 2. The first-order valence-corrected chi connectivity index (χ1v) is 8.31. The molecular formula is C18H22F3N3. The average Bonchev–Trinajstić information content (AvgIpc) is 2.87. The summed E-state index contributed by atoms with van der Waals surface area (Å²) >= 11 is 0. The Morgan fingerprint density at radius 3 is 2.25 bits per heavy atom. The van der Waals surface area contributed by atoms with E-state index in [2.05, 4.69) is 30.9 Å². The smallest absolute Gasteiger partial charge is 0.194 e. The van der Waals surface area contributed by atoms with E-state index in [-0.39, 0.29) is 6.04 Å². The Morgan fingerprint density at radius 1 is 1.08 bits per heavy atom. The molecule has 2 aromatic rings. The second-order valence-electron chi connectivity index (χ2n) is 6.45. The topological polar surface area (TPSA) is 21.1 Å². The third kappa shape index (κ3) is 2.53. The van der Waals surface area contributed by atoms with Crippen LogP contribution in [0.15, 0.2) is 12.1 Å². The minimum Gasteiger partial charge on any atom is -0.294 e. The molecule has 2 atom stereocenters. The van der Waals surface area contributed by atoms with Crippen molar-refractivity contribution in [3.8, 4) is 11.3 Å². The lowest BCUT2D eigenvalue weighted by Gasteiger charge is -2.38. The Morgan fingerprint density at radius 2 is 1.71 bits per heavy atom. The van der Waals surface area contributed by atoms with Crippen LogP contribution < -0.4 is 0 Å². The molecular weight excluding hydrogens is 315 g/mol. The van der Waals surface area contributed by atoms with Gasteiger partial charge < -0.3 is 0 Å². The molecule has 1 aromatic heterocycles. The highest BCUT2D eigenvalue weighted by Gasteiger charge is 2.35. The highest BCUT2D eigenvalue weighted by molar-refractivity contribution is 5.66. The monoisotopic (exact) mass is 337 g/mol. The first kappa shape index (κ1) is 17.0. The van der Waals surface area contributed by atoms with E-state index < -0.39 is 17.5 Å². The molecule has 0 saturated carbocycles. The Kier molecular flexibility index (Phi) is 4.42. The van der Waals surface area contributed by atoms with Gasteiger partial charge in [0, 0.05) is 24.2 Å². The van der Waals surface area contributed by atoms with Gasteiger partial charge in [-0.05, 0) is 38.4 Å². The lowest BCUT2D eigenvalue weighted by molar-refractivity contribution is 0.143. The standard InChI is InChI=1S/C18H22F3N3/c1-5-11-9-12-17(15(6-2)23(11)3)22-24(4)18(12)10-7-13(19)16(21)14(20)8-10/h7-8,11,15H,5-6,9H2,1-4H3. The van der Waals surface area contributed by atoms with Crippen molar-refractivity contribution in [3.63, 3.8) is 0 Å². The Hall–Kier alpha value is -1.82. The van der Waals surface area contributed by atoms with Crippen LogP contribution in [0.3, 0.4) is 0 Å². The summed E-state index contributed by atoms with van der Waals surface area (Å²) in [6.45, 7) is 4.24. The van der Waals surface area contributed by atoms with E-state index in [9.17, 15) is 13.2 Å². The van der Waals surface area contributed by atoms with E-state index in [1.54, 1.807) is 11.7 Å². The van der Waals surface area contributed by atoms with Gasteiger partial charge in [0.1, 0.15) is 0 Å². The van der Waals surface area contributed by atoms with Crippen LogP contribution in [0, 0.1) is 17.5 Å². The molecule has 3 nitrogen and oxygen atoms in total. The summed E-state index contributed by atoms with van der Waals surface area (Å²) in [5, 5.41) is 4.62. The molecule has 0 spiro atoms. The average molecular weight is 337 g/mol. The molecule has 0 amide bonds. The maximum atomic E-state index is 13.7. The summed E-state index contributed by atoms with van der Waals surface area (Å²) in [6.07, 6.45) is 2.65. The second kappa shape index (κ2) is 6.24. The minimum absolute atomic E-state index is 0.175. The quantitative estimate of drug-likeness (QED) is 0.782. The van der Waals surface area contributed by atoms with E-state index in [1.807, 2.05) is 0 Å². The van der Waals surface area contributed by atoms with Gasteiger partial charge in [0.05, 0.1) is 17.4 Å². The fourth-order valence-electron chi connectivity index (χ4n) is 3.85. The molecule has 1 aliphatic heterocycles. The van der Waals surface area contributed by atoms with Crippen LogP contribution in [-0.2, 0) is 13.5 Å². The molecule has 1 aliphatic rings. The van der Waals surface area contributed by atoms with E-state index in [4.69, 9.17) is 0 Å². The molecule has 0 bridgehead atoms. The van der Waals surface area contributed by atoms with Gasteiger partial charge in [-0.3, -0.25) is 9.58 Å². The zero-order chi connectivity index (χ0) is 17.6. The molecule has 2 heterocycles. The molecule has 3 rings (SSSR count). The van der Waals surface area contributed by atoms with Crippen molar-refractivity contribution >= 4 is 0 Å². The van der Waals surface area contributed by atoms with Crippen molar-refractivity contribution in [1.29, 1.82) is 0 Å². The number of hydrogen-bond donors (Lipinski definition) is 0. The van der Waals surface area contributed by atoms with Crippen molar-refractivity contribution < 1.29 is 13.2 Å². The number of benzene rings is 1. The van der Waals surface area contributed by atoms with Crippen molar-refractivity contribution in [1.82, 2.24) is 14.7 Å². The first-order chi connectivity index (χ1) is 11.4. The van der Waals surface area contributed by atoms with Gasteiger partial charge >= 0.3 is 0 Å². The fourth-order valence-corrected chi connectivity index (χ4v) is 3.85. The largest absolute Gasteiger partial charge is 0.294 e. The Balaban J connectivity index is 2.19. The third-order valence-electron chi connectivity index (χ3n) is 5.11. The third-order valence-corrected chi connectivity index (χ3v) is 5.11. The van der Waals surface area contributed by atoms with Gasteiger partial charge in [0.2, 0.25) is 0 Å². The lowest BCUT2D eigenvalue weighted by atomic mass is 9.88. The molecule has 130 valence electrons. The summed E-state index contributed by atoms with van der Waals surface area (Å²) in [4.78, 5) is 2.32. The van der Waals surface area contributed by atoms with Gasteiger partial charge in [0.15, 0.2) is 17.5 Å². The predicted octanol–water partition coefficient (Wildman–Crippen LogP) is 4.22. The van der Waals surface area contributed by atoms with E-state index >= 15 is 0 Å². The molecule has 2 unspecified atom stereocenters. The van der Waals surface area contributed by atoms with Gasteiger partial charge in [0.25, 0.3) is 0 Å².